The van der Waals surface area contributed by atoms with Gasteiger partial charge in [0.15, 0.2) is 0 Å². The van der Waals surface area contributed by atoms with Gasteiger partial charge in [0.2, 0.25) is 9.84 Å². The van der Waals surface area contributed by atoms with Crippen LogP contribution in [0.15, 0.2) is 58.3 Å². The number of phenolic OH excluding ortho intramolecular Hbond substituents is 2. The molecule has 21 heavy (non-hydrogen) atoms. The Morgan fingerprint density at radius 2 is 0.952 bits per heavy atom. The van der Waals surface area contributed by atoms with Crippen LogP contribution >= 0.6 is 0 Å². The van der Waals surface area contributed by atoms with Crippen molar-refractivity contribution in [3.8, 4) is 11.5 Å². The standard InChI is InChI=1S/C12H10O4S.C2H6O2/c13-9-1-5-11(6-2-9)17(15,16)12-7-3-10(14)4-8-12;3-1-2-4/h1-8,13-14H;3-4H,1-2H2. The van der Waals surface area contributed by atoms with Crippen molar-refractivity contribution in [1.29, 1.82) is 0 Å². The van der Waals surface area contributed by atoms with Crippen molar-refractivity contribution < 1.29 is 28.8 Å². The van der Waals surface area contributed by atoms with Crippen molar-refractivity contribution in [3.63, 3.8) is 0 Å². The zero-order valence-corrected chi connectivity index (χ0v) is 11.9. The molecule has 6 nitrogen and oxygen atoms in total. The Balaban J connectivity index is 0.000000491. The quantitative estimate of drug-likeness (QED) is 0.669. The van der Waals surface area contributed by atoms with Crippen molar-refractivity contribution in [3.05, 3.63) is 48.5 Å². The lowest BCUT2D eigenvalue weighted by atomic mass is 10.3. The highest BCUT2D eigenvalue weighted by molar-refractivity contribution is 7.91. The highest BCUT2D eigenvalue weighted by atomic mass is 32.2. The summed E-state index contributed by atoms with van der Waals surface area (Å²) >= 11 is 0. The van der Waals surface area contributed by atoms with Gasteiger partial charge in [0.1, 0.15) is 11.5 Å². The smallest absolute Gasteiger partial charge is 0.206 e. The predicted molar refractivity (Wildman–Crippen MR) is 75.8 cm³/mol. The van der Waals surface area contributed by atoms with Gasteiger partial charge in [-0.1, -0.05) is 0 Å². The maximum Gasteiger partial charge on any atom is 0.206 e. The molecule has 0 saturated carbocycles. The predicted octanol–water partition coefficient (Wildman–Crippen LogP) is 0.902. The lowest BCUT2D eigenvalue weighted by Crippen LogP contribution is -2.01. The van der Waals surface area contributed by atoms with Crippen LogP contribution in [-0.4, -0.2) is 42.1 Å². The topological polar surface area (TPSA) is 115 Å². The van der Waals surface area contributed by atoms with Gasteiger partial charge in [-0.15, -0.1) is 0 Å². The minimum absolute atomic E-state index is 0.00894. The fraction of sp³-hybridized carbons (Fsp3) is 0.143. The summed E-state index contributed by atoms with van der Waals surface area (Å²) in [6.45, 7) is -0.250. The molecule has 7 heteroatoms. The number of rotatable bonds is 3. The van der Waals surface area contributed by atoms with Crippen LogP contribution < -0.4 is 0 Å². The summed E-state index contributed by atoms with van der Waals surface area (Å²) in [5.41, 5.74) is 0. The van der Waals surface area contributed by atoms with E-state index in [2.05, 4.69) is 0 Å². The largest absolute Gasteiger partial charge is 0.508 e. The monoisotopic (exact) mass is 312 g/mol. The van der Waals surface area contributed by atoms with Gasteiger partial charge < -0.3 is 20.4 Å². The molecule has 4 N–H and O–H groups in total. The molecule has 0 unspecified atom stereocenters. The molecule has 2 aromatic rings. The van der Waals surface area contributed by atoms with Crippen LogP contribution in [-0.2, 0) is 9.84 Å². The second kappa shape index (κ2) is 7.63. The third-order valence-corrected chi connectivity index (χ3v) is 4.18. The second-order valence-corrected chi connectivity index (χ2v) is 5.89. The van der Waals surface area contributed by atoms with Crippen LogP contribution in [0.1, 0.15) is 0 Å². The van der Waals surface area contributed by atoms with E-state index in [1.54, 1.807) is 0 Å². The molecule has 0 radical (unpaired) electrons. The van der Waals surface area contributed by atoms with Gasteiger partial charge in [-0.05, 0) is 48.5 Å². The summed E-state index contributed by atoms with van der Waals surface area (Å²) in [5.74, 6) is 0.0179. The molecule has 0 aliphatic heterocycles. The van der Waals surface area contributed by atoms with Crippen LogP contribution in [0, 0.1) is 0 Å². The lowest BCUT2D eigenvalue weighted by Gasteiger charge is -2.04. The van der Waals surface area contributed by atoms with E-state index in [1.807, 2.05) is 0 Å². The molecule has 0 spiro atoms. The third kappa shape index (κ3) is 4.75. The Hall–Kier alpha value is -2.09. The second-order valence-electron chi connectivity index (χ2n) is 3.94. The summed E-state index contributed by atoms with van der Waals surface area (Å²) < 4.78 is 24.2. The Morgan fingerprint density at radius 3 is 1.19 bits per heavy atom. The number of aliphatic hydroxyl groups is 2. The first-order valence-corrected chi connectivity index (χ1v) is 7.45. The van der Waals surface area contributed by atoms with Gasteiger partial charge in [0, 0.05) is 0 Å². The van der Waals surface area contributed by atoms with E-state index < -0.39 is 9.84 Å². The first-order valence-electron chi connectivity index (χ1n) is 5.96. The van der Waals surface area contributed by atoms with E-state index in [1.165, 1.54) is 48.5 Å². The number of phenols is 2. The van der Waals surface area contributed by atoms with Crippen molar-refractivity contribution in [2.45, 2.75) is 9.79 Å². The minimum Gasteiger partial charge on any atom is -0.508 e. The summed E-state index contributed by atoms with van der Waals surface area (Å²) in [6, 6.07) is 10.6. The molecule has 114 valence electrons. The first-order chi connectivity index (χ1) is 9.91. The fourth-order valence-electron chi connectivity index (χ4n) is 1.39. The van der Waals surface area contributed by atoms with E-state index >= 15 is 0 Å². The Bertz CT molecular complexity index is 593. The molecule has 0 aliphatic carbocycles. The van der Waals surface area contributed by atoms with Crippen LogP contribution in [0.3, 0.4) is 0 Å². The maximum atomic E-state index is 12.1. The number of hydrogen-bond acceptors (Lipinski definition) is 6. The Morgan fingerprint density at radius 1 is 0.667 bits per heavy atom. The molecule has 0 amide bonds. The van der Waals surface area contributed by atoms with Crippen molar-refractivity contribution in [2.75, 3.05) is 13.2 Å². The van der Waals surface area contributed by atoms with Crippen LogP contribution in [0.4, 0.5) is 0 Å². The number of aromatic hydroxyl groups is 2. The molecular formula is C14H16O6S. The molecule has 0 atom stereocenters. The molecule has 0 bridgehead atoms. The van der Waals surface area contributed by atoms with Crippen molar-refractivity contribution in [1.82, 2.24) is 0 Å². The van der Waals surface area contributed by atoms with Gasteiger partial charge in [0.05, 0.1) is 23.0 Å². The SMILES string of the molecule is O=S(=O)(c1ccc(O)cc1)c1ccc(O)cc1.OCCO. The maximum absolute atomic E-state index is 12.1. The fourth-order valence-corrected chi connectivity index (χ4v) is 2.65. The van der Waals surface area contributed by atoms with Gasteiger partial charge in [-0.2, -0.15) is 0 Å². The first kappa shape index (κ1) is 17.0. The van der Waals surface area contributed by atoms with E-state index in [0.29, 0.717) is 0 Å². The minimum atomic E-state index is -3.59. The van der Waals surface area contributed by atoms with Crippen molar-refractivity contribution in [2.24, 2.45) is 0 Å². The Kier molecular flexibility index (Phi) is 6.16. The molecule has 2 rings (SSSR count). The van der Waals surface area contributed by atoms with Gasteiger partial charge >= 0.3 is 0 Å². The zero-order chi connectivity index (χ0) is 15.9. The van der Waals surface area contributed by atoms with Crippen LogP contribution in [0.2, 0.25) is 0 Å². The summed E-state index contributed by atoms with van der Waals surface area (Å²) in [6.07, 6.45) is 0. The molecule has 0 fully saturated rings. The van der Waals surface area contributed by atoms with E-state index in [4.69, 9.17) is 20.4 Å². The van der Waals surface area contributed by atoms with Crippen molar-refractivity contribution >= 4 is 9.84 Å². The zero-order valence-electron chi connectivity index (χ0n) is 11.0. The Labute approximate surface area is 122 Å². The summed E-state index contributed by atoms with van der Waals surface area (Å²) in [7, 11) is -3.59. The molecule has 0 saturated heterocycles. The number of hydrogen-bond donors (Lipinski definition) is 4. The van der Waals surface area contributed by atoms with Crippen LogP contribution in [0.5, 0.6) is 11.5 Å². The van der Waals surface area contributed by atoms with E-state index in [-0.39, 0.29) is 34.5 Å². The normalized spacial score (nSPS) is 10.6. The van der Waals surface area contributed by atoms with Gasteiger partial charge in [-0.25, -0.2) is 8.42 Å². The number of aliphatic hydroxyl groups excluding tert-OH is 2. The molecule has 0 heterocycles. The highest BCUT2D eigenvalue weighted by Gasteiger charge is 2.17. The molecular weight excluding hydrogens is 296 g/mol. The van der Waals surface area contributed by atoms with Gasteiger partial charge in [0.25, 0.3) is 0 Å². The highest BCUT2D eigenvalue weighted by Crippen LogP contribution is 2.23. The molecule has 0 aromatic heterocycles. The van der Waals surface area contributed by atoms with Crippen LogP contribution in [0.25, 0.3) is 0 Å². The average molecular weight is 312 g/mol. The van der Waals surface area contributed by atoms with E-state index in [9.17, 15) is 8.42 Å². The average Bonchev–Trinajstić information content (AvgIpc) is 2.48. The van der Waals surface area contributed by atoms with Gasteiger partial charge in [-0.3, -0.25) is 0 Å². The summed E-state index contributed by atoms with van der Waals surface area (Å²) in [4.78, 5) is 0.196. The number of benzene rings is 2. The number of sulfone groups is 1. The third-order valence-electron chi connectivity index (χ3n) is 2.39. The molecule has 0 aliphatic rings. The summed E-state index contributed by atoms with van der Waals surface area (Å²) in [5, 5.41) is 33.5. The van der Waals surface area contributed by atoms with E-state index in [0.717, 1.165) is 0 Å². The lowest BCUT2D eigenvalue weighted by molar-refractivity contribution is 0.186. The molecule has 2 aromatic carbocycles.